The number of anilines is 1. The van der Waals surface area contributed by atoms with Gasteiger partial charge in [-0.25, -0.2) is 16.4 Å². The molecule has 0 aliphatic heterocycles. The third-order valence-corrected chi connectivity index (χ3v) is 5.26. The summed E-state index contributed by atoms with van der Waals surface area (Å²) in [4.78, 5) is 8.94. The molecule has 3 rings (SSSR count). The quantitative estimate of drug-likeness (QED) is 0.214. The number of hydrazine groups is 2. The number of ether oxygens (including phenoxy) is 2. The minimum absolute atomic E-state index is 0.277. The molecular weight excluding hydrogens is 432 g/mol. The van der Waals surface area contributed by atoms with Crippen molar-refractivity contribution in [3.05, 3.63) is 63.9 Å². The Labute approximate surface area is 192 Å². The average molecular weight is 461 g/mol. The number of rotatable bonds is 7. The summed E-state index contributed by atoms with van der Waals surface area (Å²) in [7, 11) is 3.40. The fraction of sp³-hybridized carbons (Fsp3) is 0.273. The lowest BCUT2D eigenvalue weighted by atomic mass is 10.1. The lowest BCUT2D eigenvalue weighted by Gasteiger charge is -2.20. The van der Waals surface area contributed by atoms with E-state index in [-0.39, 0.29) is 6.61 Å². The monoisotopic (exact) mass is 460 g/mol. The van der Waals surface area contributed by atoms with Crippen LogP contribution in [0.5, 0.6) is 11.5 Å². The fourth-order valence-electron chi connectivity index (χ4n) is 3.08. The number of aryl methyl sites for hydroxylation is 1. The highest BCUT2D eigenvalue weighted by molar-refractivity contribution is 6.32. The van der Waals surface area contributed by atoms with Gasteiger partial charge < -0.3 is 14.5 Å². The highest BCUT2D eigenvalue weighted by Crippen LogP contribution is 2.32. The number of hydrogen-bond acceptors (Lipinski definition) is 7. The number of nitrogens with zero attached hydrogens (tertiary/aromatic N) is 3. The van der Waals surface area contributed by atoms with Crippen molar-refractivity contribution in [1.29, 1.82) is 0 Å². The Morgan fingerprint density at radius 3 is 2.41 bits per heavy atom. The Morgan fingerprint density at radius 2 is 1.91 bits per heavy atom. The minimum atomic E-state index is 0.277. The summed E-state index contributed by atoms with van der Waals surface area (Å²) < 4.78 is 13.3. The lowest BCUT2D eigenvalue weighted by Crippen LogP contribution is -2.26. The molecule has 32 heavy (non-hydrogen) atoms. The van der Waals surface area contributed by atoms with Gasteiger partial charge in [-0.15, -0.1) is 0 Å². The van der Waals surface area contributed by atoms with Crippen molar-refractivity contribution in [2.75, 3.05) is 19.2 Å². The Balaban J connectivity index is 0.000000837. The number of nitrogens with one attached hydrogen (secondary N) is 1. The van der Waals surface area contributed by atoms with Crippen LogP contribution in [0.4, 0.5) is 5.69 Å². The summed E-state index contributed by atoms with van der Waals surface area (Å²) in [6.07, 6.45) is 0.403. The van der Waals surface area contributed by atoms with Gasteiger partial charge in [-0.1, -0.05) is 17.7 Å². The maximum atomic E-state index is 8.94. The molecule has 10 heteroatoms. The first-order chi connectivity index (χ1) is 15.2. The van der Waals surface area contributed by atoms with Gasteiger partial charge in [-0.2, -0.15) is 5.10 Å². The first-order valence-electron chi connectivity index (χ1n) is 9.74. The second kappa shape index (κ2) is 11.4. The van der Waals surface area contributed by atoms with Crippen LogP contribution >= 0.6 is 11.6 Å². The van der Waals surface area contributed by atoms with E-state index in [2.05, 4.69) is 17.9 Å². The van der Waals surface area contributed by atoms with Crippen LogP contribution in [0, 0.1) is 20.8 Å². The zero-order chi connectivity index (χ0) is 23.8. The predicted molar refractivity (Wildman–Crippen MR) is 126 cm³/mol. The van der Waals surface area contributed by atoms with E-state index in [0.717, 1.165) is 28.3 Å². The summed E-state index contributed by atoms with van der Waals surface area (Å²) in [6, 6.07) is 11.3. The number of carbonyl (C=O) groups is 1. The largest absolute Gasteiger partial charge is 0.496 e. The summed E-state index contributed by atoms with van der Waals surface area (Å²) in [5, 5.41) is 6.63. The van der Waals surface area contributed by atoms with Crippen LogP contribution in [0.2, 0.25) is 5.02 Å². The normalized spacial score (nSPS) is 10.1. The number of methoxy groups -OCH3 is 1. The number of hydrogen-bond donors (Lipinski definition) is 3. The molecule has 1 aromatic heterocycles. The van der Waals surface area contributed by atoms with Crippen molar-refractivity contribution >= 4 is 23.7 Å². The molecule has 9 nitrogen and oxygen atoms in total. The zero-order valence-electron chi connectivity index (χ0n) is 18.8. The molecule has 0 aliphatic rings. The van der Waals surface area contributed by atoms with E-state index in [1.807, 2.05) is 54.9 Å². The first-order valence-corrected chi connectivity index (χ1v) is 10.1. The summed E-state index contributed by atoms with van der Waals surface area (Å²) in [5.41, 5.74) is 7.58. The molecule has 0 fully saturated rings. The molecule has 1 heterocycles. The number of carbonyl (C=O) groups excluding carboxylic acids is 1. The van der Waals surface area contributed by atoms with E-state index in [9.17, 15) is 0 Å². The van der Waals surface area contributed by atoms with Gasteiger partial charge in [0.05, 0.1) is 34.8 Å². The van der Waals surface area contributed by atoms with Crippen molar-refractivity contribution in [2.45, 2.75) is 27.4 Å². The minimum Gasteiger partial charge on any atom is -0.496 e. The molecule has 0 atom stereocenters. The van der Waals surface area contributed by atoms with Crippen molar-refractivity contribution < 1.29 is 14.3 Å². The van der Waals surface area contributed by atoms with Crippen LogP contribution in [0.15, 0.2) is 36.4 Å². The number of halogens is 1. The molecule has 5 N–H and O–H groups in total. The molecule has 0 bridgehead atoms. The molecule has 0 aliphatic carbocycles. The highest BCUT2D eigenvalue weighted by Gasteiger charge is 2.14. The molecule has 0 spiro atoms. The van der Waals surface area contributed by atoms with E-state index < -0.39 is 0 Å². The Kier molecular flexibility index (Phi) is 8.89. The zero-order valence-corrected chi connectivity index (χ0v) is 19.6. The van der Waals surface area contributed by atoms with Crippen LogP contribution in [0.25, 0.3) is 5.69 Å². The van der Waals surface area contributed by atoms with Crippen molar-refractivity contribution in [3.8, 4) is 17.2 Å². The number of benzene rings is 2. The van der Waals surface area contributed by atoms with Gasteiger partial charge in [-0.05, 0) is 56.7 Å². The van der Waals surface area contributed by atoms with Gasteiger partial charge in [0.15, 0.2) is 0 Å². The molecule has 0 saturated carbocycles. The predicted octanol–water partition coefficient (Wildman–Crippen LogP) is 2.95. The van der Waals surface area contributed by atoms with Crippen LogP contribution in [-0.4, -0.2) is 30.3 Å². The molecule has 172 valence electrons. The molecule has 0 unspecified atom stereocenters. The van der Waals surface area contributed by atoms with E-state index >= 15 is 0 Å². The van der Waals surface area contributed by atoms with Crippen LogP contribution in [0.1, 0.15) is 22.5 Å². The maximum Gasteiger partial charge on any atom is 0.221 e. The van der Waals surface area contributed by atoms with Crippen LogP contribution in [-0.2, 0) is 11.4 Å². The SMILES string of the molecule is COc1cccc(N(C)N)c1COc1ccc(-n2nc(C)c(C)c2C)cc1Cl.NNC=O. The second-order valence-corrected chi connectivity index (χ2v) is 7.37. The second-order valence-electron chi connectivity index (χ2n) is 6.96. The van der Waals surface area contributed by atoms with Gasteiger partial charge >= 0.3 is 0 Å². The smallest absolute Gasteiger partial charge is 0.221 e. The molecule has 0 saturated heterocycles. The molecule has 1 amide bonds. The summed E-state index contributed by atoms with van der Waals surface area (Å²) in [5.74, 6) is 11.6. The van der Waals surface area contributed by atoms with E-state index in [4.69, 9.17) is 31.7 Å². The Bertz CT molecular complexity index is 1070. The van der Waals surface area contributed by atoms with Gasteiger partial charge in [-0.3, -0.25) is 10.2 Å². The number of amides is 1. The Hall–Kier alpha value is -3.27. The van der Waals surface area contributed by atoms with Crippen molar-refractivity contribution in [3.63, 3.8) is 0 Å². The molecular formula is C22H29ClN6O3. The highest BCUT2D eigenvalue weighted by atomic mass is 35.5. The topological polar surface area (TPSA) is 121 Å². The van der Waals surface area contributed by atoms with Gasteiger partial charge in [0.1, 0.15) is 18.1 Å². The van der Waals surface area contributed by atoms with E-state index in [1.165, 1.54) is 10.6 Å². The van der Waals surface area contributed by atoms with Gasteiger partial charge in [0, 0.05) is 12.7 Å². The van der Waals surface area contributed by atoms with E-state index in [0.29, 0.717) is 22.9 Å². The van der Waals surface area contributed by atoms with Crippen LogP contribution < -0.4 is 31.6 Å². The standard InChI is InChI=1S/C21H25ClN4O2.CH4N2O/c1-13-14(2)24-26(15(13)3)16-9-10-21(18(22)11-16)28-12-17-19(25(4)23)7-6-8-20(17)27-5;2-3-1-4/h6-11H,12,23H2,1-5H3;1H,2H2,(H,3,4). The third kappa shape index (κ3) is 5.70. The van der Waals surface area contributed by atoms with Gasteiger partial charge in [0.25, 0.3) is 0 Å². The van der Waals surface area contributed by atoms with Crippen molar-refractivity contribution in [2.24, 2.45) is 11.7 Å². The van der Waals surface area contributed by atoms with E-state index in [1.54, 1.807) is 19.6 Å². The lowest BCUT2D eigenvalue weighted by molar-refractivity contribution is -0.109. The molecule has 0 radical (unpaired) electrons. The molecule has 3 aromatic rings. The number of aromatic nitrogens is 2. The number of nitrogens with two attached hydrogens (primary N) is 2. The van der Waals surface area contributed by atoms with Crippen molar-refractivity contribution in [1.82, 2.24) is 15.2 Å². The Morgan fingerprint density at radius 1 is 1.22 bits per heavy atom. The summed E-state index contributed by atoms with van der Waals surface area (Å²) >= 11 is 6.49. The average Bonchev–Trinajstić information content (AvgIpc) is 3.05. The van der Waals surface area contributed by atoms with Gasteiger partial charge in [0.2, 0.25) is 6.41 Å². The first kappa shape index (κ1) is 25.0. The third-order valence-electron chi connectivity index (χ3n) is 4.96. The van der Waals surface area contributed by atoms with Crippen LogP contribution in [0.3, 0.4) is 0 Å². The summed E-state index contributed by atoms with van der Waals surface area (Å²) in [6.45, 7) is 6.38. The molecule has 2 aromatic carbocycles. The maximum absolute atomic E-state index is 8.94. The fourth-order valence-corrected chi connectivity index (χ4v) is 3.31.